The third kappa shape index (κ3) is 3.57. The summed E-state index contributed by atoms with van der Waals surface area (Å²) in [5.74, 6) is 0. The number of amides is 2. The number of carbonyl (C=O) groups is 1. The topological polar surface area (TPSA) is 54.0 Å². The number of hydrogen-bond acceptors (Lipinski definition) is 2. The van der Waals surface area contributed by atoms with Gasteiger partial charge in [-0.15, -0.1) is 0 Å². The standard InChI is InChI=1S/C16H19N3O/c1-16(2,3)13-8-4-5-9-14(13)19-15(20)18-12-7-6-10-17-11-12/h4-11H,1-3H3,(H2,18,19,20). The average Bonchev–Trinajstić information content (AvgIpc) is 2.39. The molecular formula is C16H19N3O. The SMILES string of the molecule is CC(C)(C)c1ccccc1NC(=O)Nc1cccnc1. The van der Waals surface area contributed by atoms with Crippen molar-refractivity contribution in [2.75, 3.05) is 10.6 Å². The van der Waals surface area contributed by atoms with Crippen molar-refractivity contribution < 1.29 is 4.79 Å². The van der Waals surface area contributed by atoms with E-state index in [0.717, 1.165) is 11.3 Å². The molecule has 0 saturated carbocycles. The van der Waals surface area contributed by atoms with Crippen LogP contribution >= 0.6 is 0 Å². The van der Waals surface area contributed by atoms with Crippen molar-refractivity contribution in [2.45, 2.75) is 26.2 Å². The van der Waals surface area contributed by atoms with Crippen LogP contribution in [0.1, 0.15) is 26.3 Å². The first-order chi connectivity index (χ1) is 9.47. The number of urea groups is 1. The highest BCUT2D eigenvalue weighted by molar-refractivity contribution is 6.00. The van der Waals surface area contributed by atoms with E-state index in [0.29, 0.717) is 5.69 Å². The number of nitrogens with zero attached hydrogens (tertiary/aromatic N) is 1. The van der Waals surface area contributed by atoms with Crippen LogP contribution in [0.2, 0.25) is 0 Å². The van der Waals surface area contributed by atoms with Crippen LogP contribution in [0, 0.1) is 0 Å². The molecule has 0 aliphatic heterocycles. The van der Waals surface area contributed by atoms with Crippen LogP contribution in [0.3, 0.4) is 0 Å². The van der Waals surface area contributed by atoms with E-state index < -0.39 is 0 Å². The lowest BCUT2D eigenvalue weighted by Crippen LogP contribution is -2.22. The van der Waals surface area contributed by atoms with Gasteiger partial charge >= 0.3 is 6.03 Å². The number of para-hydroxylation sites is 1. The van der Waals surface area contributed by atoms with Gasteiger partial charge in [-0.05, 0) is 29.2 Å². The van der Waals surface area contributed by atoms with Gasteiger partial charge in [-0.1, -0.05) is 39.0 Å². The summed E-state index contributed by atoms with van der Waals surface area (Å²) >= 11 is 0. The Hall–Kier alpha value is -2.36. The largest absolute Gasteiger partial charge is 0.323 e. The Labute approximate surface area is 119 Å². The second-order valence-corrected chi connectivity index (χ2v) is 5.62. The number of anilines is 2. The molecule has 1 aromatic carbocycles. The average molecular weight is 269 g/mol. The summed E-state index contributed by atoms with van der Waals surface area (Å²) in [6.07, 6.45) is 3.27. The van der Waals surface area contributed by atoms with Gasteiger partial charge in [-0.2, -0.15) is 0 Å². The smallest absolute Gasteiger partial charge is 0.307 e. The lowest BCUT2D eigenvalue weighted by Gasteiger charge is -2.23. The monoisotopic (exact) mass is 269 g/mol. The Morgan fingerprint density at radius 1 is 1.05 bits per heavy atom. The molecule has 2 rings (SSSR count). The fourth-order valence-electron chi connectivity index (χ4n) is 1.97. The Morgan fingerprint density at radius 2 is 1.80 bits per heavy atom. The normalized spacial score (nSPS) is 10.9. The Morgan fingerprint density at radius 3 is 2.45 bits per heavy atom. The third-order valence-electron chi connectivity index (χ3n) is 2.90. The molecule has 0 spiro atoms. The zero-order valence-electron chi connectivity index (χ0n) is 12.0. The molecule has 0 fully saturated rings. The highest BCUT2D eigenvalue weighted by Crippen LogP contribution is 2.29. The maximum absolute atomic E-state index is 12.0. The highest BCUT2D eigenvalue weighted by atomic mass is 16.2. The molecule has 0 aliphatic rings. The number of benzene rings is 1. The van der Waals surface area contributed by atoms with Crippen molar-refractivity contribution in [3.05, 3.63) is 54.4 Å². The van der Waals surface area contributed by atoms with Crippen molar-refractivity contribution in [3.8, 4) is 0 Å². The highest BCUT2D eigenvalue weighted by Gasteiger charge is 2.18. The minimum absolute atomic E-state index is 0.0296. The molecule has 0 aliphatic carbocycles. The summed E-state index contributed by atoms with van der Waals surface area (Å²) in [6.45, 7) is 6.35. The second-order valence-electron chi connectivity index (χ2n) is 5.62. The van der Waals surface area contributed by atoms with Crippen molar-refractivity contribution in [1.29, 1.82) is 0 Å². The molecule has 0 saturated heterocycles. The summed E-state index contributed by atoms with van der Waals surface area (Å²) in [7, 11) is 0. The van der Waals surface area contributed by atoms with Gasteiger partial charge in [0.25, 0.3) is 0 Å². The van der Waals surface area contributed by atoms with E-state index in [1.807, 2.05) is 24.3 Å². The zero-order valence-corrected chi connectivity index (χ0v) is 12.0. The van der Waals surface area contributed by atoms with Crippen molar-refractivity contribution in [3.63, 3.8) is 0 Å². The van der Waals surface area contributed by atoms with Crippen LogP contribution in [0.25, 0.3) is 0 Å². The molecule has 0 unspecified atom stereocenters. The van der Waals surface area contributed by atoms with E-state index in [1.165, 1.54) is 0 Å². The van der Waals surface area contributed by atoms with E-state index in [2.05, 4.69) is 36.4 Å². The Bertz CT molecular complexity index is 588. The number of aromatic nitrogens is 1. The maximum atomic E-state index is 12.0. The first-order valence-corrected chi connectivity index (χ1v) is 6.54. The molecule has 104 valence electrons. The lowest BCUT2D eigenvalue weighted by atomic mass is 9.86. The van der Waals surface area contributed by atoms with Crippen LogP contribution in [0.5, 0.6) is 0 Å². The summed E-state index contributed by atoms with van der Waals surface area (Å²) in [5.41, 5.74) is 2.55. The Balaban J connectivity index is 2.13. The number of hydrogen-bond donors (Lipinski definition) is 2. The molecule has 2 N–H and O–H groups in total. The molecule has 1 aromatic heterocycles. The minimum atomic E-state index is -0.269. The molecule has 1 heterocycles. The van der Waals surface area contributed by atoms with E-state index in [1.54, 1.807) is 24.5 Å². The van der Waals surface area contributed by atoms with Gasteiger partial charge in [0, 0.05) is 11.9 Å². The molecule has 0 radical (unpaired) electrons. The number of carbonyl (C=O) groups excluding carboxylic acids is 1. The summed E-state index contributed by atoms with van der Waals surface area (Å²) in [6, 6.07) is 11.1. The van der Waals surface area contributed by atoms with Gasteiger partial charge in [0.05, 0.1) is 11.9 Å². The van der Waals surface area contributed by atoms with Crippen LogP contribution in [0.4, 0.5) is 16.2 Å². The molecule has 2 aromatic rings. The first kappa shape index (κ1) is 14.1. The summed E-state index contributed by atoms with van der Waals surface area (Å²) in [5, 5.41) is 5.64. The molecular weight excluding hydrogens is 250 g/mol. The van der Waals surface area contributed by atoms with Crippen molar-refractivity contribution in [2.24, 2.45) is 0 Å². The molecule has 0 atom stereocenters. The molecule has 4 nitrogen and oxygen atoms in total. The van der Waals surface area contributed by atoms with Crippen LogP contribution in [-0.4, -0.2) is 11.0 Å². The lowest BCUT2D eigenvalue weighted by molar-refractivity contribution is 0.262. The van der Waals surface area contributed by atoms with E-state index in [9.17, 15) is 4.79 Å². The molecule has 4 heteroatoms. The maximum Gasteiger partial charge on any atom is 0.323 e. The van der Waals surface area contributed by atoms with Gasteiger partial charge in [0.1, 0.15) is 0 Å². The first-order valence-electron chi connectivity index (χ1n) is 6.54. The van der Waals surface area contributed by atoms with Gasteiger partial charge in [-0.25, -0.2) is 4.79 Å². The number of rotatable bonds is 2. The van der Waals surface area contributed by atoms with E-state index >= 15 is 0 Å². The minimum Gasteiger partial charge on any atom is -0.307 e. The summed E-state index contributed by atoms with van der Waals surface area (Å²) in [4.78, 5) is 16.0. The van der Waals surface area contributed by atoms with Crippen LogP contribution < -0.4 is 10.6 Å². The van der Waals surface area contributed by atoms with Crippen molar-refractivity contribution in [1.82, 2.24) is 4.98 Å². The molecule has 0 bridgehead atoms. The van der Waals surface area contributed by atoms with Crippen molar-refractivity contribution >= 4 is 17.4 Å². The van der Waals surface area contributed by atoms with Crippen LogP contribution in [0.15, 0.2) is 48.8 Å². The van der Waals surface area contributed by atoms with Crippen LogP contribution in [-0.2, 0) is 5.41 Å². The Kier molecular flexibility index (Phi) is 4.03. The van der Waals surface area contributed by atoms with Gasteiger partial charge in [0.15, 0.2) is 0 Å². The quantitative estimate of drug-likeness (QED) is 0.865. The molecule has 2 amide bonds. The number of nitrogens with one attached hydrogen (secondary N) is 2. The van der Waals surface area contributed by atoms with Gasteiger partial charge < -0.3 is 10.6 Å². The number of pyridine rings is 1. The fraction of sp³-hybridized carbons (Fsp3) is 0.250. The second kappa shape index (κ2) is 5.74. The predicted octanol–water partition coefficient (Wildman–Crippen LogP) is 4.02. The van der Waals surface area contributed by atoms with Gasteiger partial charge in [-0.3, -0.25) is 4.98 Å². The predicted molar refractivity (Wildman–Crippen MR) is 82.0 cm³/mol. The zero-order chi connectivity index (χ0) is 14.6. The van der Waals surface area contributed by atoms with E-state index in [-0.39, 0.29) is 11.4 Å². The van der Waals surface area contributed by atoms with Gasteiger partial charge in [0.2, 0.25) is 0 Å². The molecule has 20 heavy (non-hydrogen) atoms. The third-order valence-corrected chi connectivity index (χ3v) is 2.90. The fourth-order valence-corrected chi connectivity index (χ4v) is 1.97. The summed E-state index contributed by atoms with van der Waals surface area (Å²) < 4.78 is 0. The van der Waals surface area contributed by atoms with E-state index in [4.69, 9.17) is 0 Å².